The van der Waals surface area contributed by atoms with E-state index in [0.29, 0.717) is 5.92 Å². The molecule has 2 heterocycles. The number of aromatic nitrogens is 1. The Morgan fingerprint density at radius 3 is 2.78 bits per heavy atom. The van der Waals surface area contributed by atoms with Gasteiger partial charge >= 0.3 is 6.03 Å². The first-order valence-corrected chi connectivity index (χ1v) is 11.1. The lowest BCUT2D eigenvalue weighted by Gasteiger charge is -2.14. The van der Waals surface area contributed by atoms with Gasteiger partial charge in [-0.25, -0.2) is 4.79 Å². The van der Waals surface area contributed by atoms with Crippen molar-refractivity contribution in [3.63, 3.8) is 0 Å². The molecule has 0 aromatic carbocycles. The molecule has 8 heteroatoms. The molecule has 0 bridgehead atoms. The maximum Gasteiger partial charge on any atom is 0.352 e. The molecule has 0 spiro atoms. The first kappa shape index (κ1) is 20.1. The topological polar surface area (TPSA) is 101 Å². The van der Waals surface area contributed by atoms with Crippen LogP contribution in [0.25, 0.3) is 0 Å². The van der Waals surface area contributed by atoms with Gasteiger partial charge in [-0.2, -0.15) is 4.36 Å². The molecule has 27 heavy (non-hydrogen) atoms. The van der Waals surface area contributed by atoms with Gasteiger partial charge in [-0.05, 0) is 67.7 Å². The van der Waals surface area contributed by atoms with E-state index >= 15 is 0 Å². The van der Waals surface area contributed by atoms with Gasteiger partial charge in [-0.3, -0.25) is 10.1 Å². The van der Waals surface area contributed by atoms with E-state index in [1.807, 2.05) is 17.5 Å². The number of thiophene rings is 1. The van der Waals surface area contributed by atoms with Crippen molar-refractivity contribution in [3.8, 4) is 0 Å². The van der Waals surface area contributed by atoms with Crippen molar-refractivity contribution in [1.82, 2.24) is 4.98 Å². The number of hydrogen-bond donors (Lipinski definition) is 3. The Balaban J connectivity index is 1.81. The van der Waals surface area contributed by atoms with Gasteiger partial charge in [0, 0.05) is 28.0 Å². The average molecular weight is 407 g/mol. The number of nitrogens with two attached hydrogens (primary N) is 1. The average Bonchev–Trinajstić information content (AvgIpc) is 3.23. The monoisotopic (exact) mass is 406 g/mol. The molecule has 4 N–H and O–H groups in total. The molecule has 1 atom stereocenters. The number of urea groups is 1. The van der Waals surface area contributed by atoms with Crippen LogP contribution in [0.1, 0.15) is 62.5 Å². The minimum absolute atomic E-state index is 0.291. The molecule has 6 nitrogen and oxygen atoms in total. The third-order valence-corrected chi connectivity index (χ3v) is 6.99. The summed E-state index contributed by atoms with van der Waals surface area (Å²) in [7, 11) is -1.06. The van der Waals surface area contributed by atoms with Crippen molar-refractivity contribution >= 4 is 33.9 Å². The molecule has 1 aliphatic carbocycles. The second-order valence-corrected chi connectivity index (χ2v) is 10.00. The van der Waals surface area contributed by atoms with Gasteiger partial charge in [0.2, 0.25) is 0 Å². The van der Waals surface area contributed by atoms with Crippen LogP contribution in [0, 0.1) is 0 Å². The fraction of sp³-hybridized carbons (Fsp3) is 0.474. The fourth-order valence-electron chi connectivity index (χ4n) is 2.99. The van der Waals surface area contributed by atoms with Crippen LogP contribution in [0.15, 0.2) is 26.1 Å². The SMILES string of the molecule is CC(C)c1cc(NC(=O)N=S(N)c2cc(C(C)(C)O)cs2)c2c(n1)CCC2. The standard InChI is InChI=1S/C19H26N4O2S2/c1-11(2)15-9-16(13-6-5-7-14(13)21-15)22-18(24)23-27(20)17-8-12(10-26-17)19(3,4)25/h8-11,25H,5-7H2,1-4H3,(H3,20,21,22,23,24). The predicted octanol–water partition coefficient (Wildman–Crippen LogP) is 4.25. The molecule has 0 aliphatic heterocycles. The summed E-state index contributed by atoms with van der Waals surface area (Å²) in [5.74, 6) is 0.291. The van der Waals surface area contributed by atoms with Crippen LogP contribution >= 0.6 is 11.3 Å². The number of anilines is 1. The highest BCUT2D eigenvalue weighted by atomic mass is 32.2. The van der Waals surface area contributed by atoms with Gasteiger partial charge < -0.3 is 10.4 Å². The van der Waals surface area contributed by atoms with Crippen molar-refractivity contribution < 1.29 is 9.90 Å². The number of pyridine rings is 1. The predicted molar refractivity (Wildman–Crippen MR) is 111 cm³/mol. The molecule has 2 aromatic rings. The molecule has 3 rings (SSSR count). The van der Waals surface area contributed by atoms with Gasteiger partial charge in [0.25, 0.3) is 0 Å². The summed E-state index contributed by atoms with van der Waals surface area (Å²) in [5.41, 5.74) is 3.80. The number of hydrogen-bond acceptors (Lipinski definition) is 4. The minimum Gasteiger partial charge on any atom is -0.386 e. The fourth-order valence-corrected chi connectivity index (χ4v) is 5.00. The van der Waals surface area contributed by atoms with E-state index in [9.17, 15) is 9.90 Å². The van der Waals surface area contributed by atoms with Gasteiger partial charge in [0.1, 0.15) is 0 Å². The second kappa shape index (κ2) is 7.79. The van der Waals surface area contributed by atoms with Crippen molar-refractivity contribution in [2.24, 2.45) is 9.50 Å². The minimum atomic E-state index is -1.06. The van der Waals surface area contributed by atoms with Crippen molar-refractivity contribution in [2.45, 2.75) is 62.7 Å². The normalized spacial score (nSPS) is 15.2. The van der Waals surface area contributed by atoms with E-state index in [2.05, 4.69) is 23.5 Å². The molecule has 2 amide bonds. The third kappa shape index (κ3) is 4.63. The van der Waals surface area contributed by atoms with Crippen LogP contribution in [0.3, 0.4) is 0 Å². The van der Waals surface area contributed by atoms with Crippen molar-refractivity contribution in [2.75, 3.05) is 5.32 Å². The van der Waals surface area contributed by atoms with Crippen LogP contribution < -0.4 is 10.5 Å². The zero-order valence-corrected chi connectivity index (χ0v) is 17.7. The Hall–Kier alpha value is -1.61. The quantitative estimate of drug-likeness (QED) is 0.706. The van der Waals surface area contributed by atoms with E-state index < -0.39 is 22.5 Å². The van der Waals surface area contributed by atoms with E-state index in [4.69, 9.17) is 10.1 Å². The number of aryl methyl sites for hydroxylation is 1. The number of amides is 2. The van der Waals surface area contributed by atoms with Crippen LogP contribution in [0.5, 0.6) is 0 Å². The van der Waals surface area contributed by atoms with E-state index in [1.54, 1.807) is 13.8 Å². The summed E-state index contributed by atoms with van der Waals surface area (Å²) < 4.78 is 4.87. The maximum absolute atomic E-state index is 12.5. The van der Waals surface area contributed by atoms with Gasteiger partial charge in [-0.1, -0.05) is 13.8 Å². The lowest BCUT2D eigenvalue weighted by Crippen LogP contribution is -2.15. The lowest BCUT2D eigenvalue weighted by atomic mass is 10.0. The molecule has 0 saturated heterocycles. The first-order valence-electron chi connectivity index (χ1n) is 9.00. The second-order valence-electron chi connectivity index (χ2n) is 7.58. The number of fused-ring (bicyclic) bond motifs is 1. The van der Waals surface area contributed by atoms with Crippen LogP contribution in [0.4, 0.5) is 10.5 Å². The summed E-state index contributed by atoms with van der Waals surface area (Å²) >= 11 is 1.40. The number of rotatable bonds is 4. The lowest BCUT2D eigenvalue weighted by molar-refractivity contribution is 0.0789. The Kier molecular flexibility index (Phi) is 5.81. The number of aliphatic hydroxyl groups is 1. The third-order valence-electron chi connectivity index (χ3n) is 4.57. The Morgan fingerprint density at radius 1 is 1.41 bits per heavy atom. The van der Waals surface area contributed by atoms with Crippen molar-refractivity contribution in [3.05, 3.63) is 40.0 Å². The summed E-state index contributed by atoms with van der Waals surface area (Å²) in [6, 6.07) is 3.31. The first-order chi connectivity index (χ1) is 12.6. The summed E-state index contributed by atoms with van der Waals surface area (Å²) in [4.78, 5) is 17.2. The summed E-state index contributed by atoms with van der Waals surface area (Å²) in [5, 5.41) is 20.9. The highest BCUT2D eigenvalue weighted by Gasteiger charge is 2.21. The molecular formula is C19H26N4O2S2. The molecule has 1 unspecified atom stereocenters. The smallest absolute Gasteiger partial charge is 0.352 e. The van der Waals surface area contributed by atoms with E-state index in [-0.39, 0.29) is 0 Å². The van der Waals surface area contributed by atoms with E-state index in [0.717, 1.165) is 51.7 Å². The molecule has 146 valence electrons. The highest BCUT2D eigenvalue weighted by Crippen LogP contribution is 2.31. The van der Waals surface area contributed by atoms with Gasteiger partial charge in [-0.15, -0.1) is 11.3 Å². The molecular weight excluding hydrogens is 380 g/mol. The van der Waals surface area contributed by atoms with Gasteiger partial charge in [0.05, 0.1) is 9.81 Å². The van der Waals surface area contributed by atoms with Crippen LogP contribution in [-0.2, 0) is 29.3 Å². The van der Waals surface area contributed by atoms with Crippen LogP contribution in [-0.4, -0.2) is 16.1 Å². The largest absolute Gasteiger partial charge is 0.386 e. The molecule has 0 fully saturated rings. The van der Waals surface area contributed by atoms with Crippen molar-refractivity contribution in [1.29, 1.82) is 0 Å². The number of carbonyl (C=O) groups is 1. The molecule has 1 aliphatic rings. The number of nitrogens with one attached hydrogen (secondary N) is 1. The zero-order chi connectivity index (χ0) is 19.8. The molecule has 0 radical (unpaired) electrons. The van der Waals surface area contributed by atoms with Gasteiger partial charge in [0.15, 0.2) is 0 Å². The molecule has 2 aromatic heterocycles. The highest BCUT2D eigenvalue weighted by molar-refractivity contribution is 7.87. The number of nitrogens with zero attached hydrogens (tertiary/aromatic N) is 2. The number of carbonyl (C=O) groups excluding carboxylic acids is 1. The van der Waals surface area contributed by atoms with E-state index in [1.165, 1.54) is 11.3 Å². The maximum atomic E-state index is 12.5. The van der Waals surface area contributed by atoms with Crippen LogP contribution in [0.2, 0.25) is 0 Å². The molecule has 0 saturated carbocycles. The Labute approximate surface area is 166 Å². The zero-order valence-electron chi connectivity index (χ0n) is 16.1. The summed E-state index contributed by atoms with van der Waals surface area (Å²) in [6.07, 6.45) is 2.93. The Morgan fingerprint density at radius 2 is 2.15 bits per heavy atom. The Bertz CT molecular complexity index is 898. The summed E-state index contributed by atoms with van der Waals surface area (Å²) in [6.45, 7) is 7.61.